The summed E-state index contributed by atoms with van der Waals surface area (Å²) in [6.07, 6.45) is 3.56. The van der Waals surface area contributed by atoms with E-state index in [4.69, 9.17) is 4.74 Å². The van der Waals surface area contributed by atoms with Crippen LogP contribution in [0, 0.1) is 0 Å². The van der Waals surface area contributed by atoms with Crippen molar-refractivity contribution in [3.63, 3.8) is 0 Å². The third-order valence-corrected chi connectivity index (χ3v) is 5.04. The van der Waals surface area contributed by atoms with Crippen LogP contribution in [0.1, 0.15) is 19.3 Å². The SMILES string of the molecule is CNC1(CO)CCC(Oc2cccc(S(C)(=O)=O)c2)C1. The third-order valence-electron chi connectivity index (χ3n) is 3.93. The Hall–Kier alpha value is -1.11. The summed E-state index contributed by atoms with van der Waals surface area (Å²) in [6.45, 7) is 0.0761. The number of hydrogen-bond donors (Lipinski definition) is 2. The molecule has 5 nitrogen and oxygen atoms in total. The lowest BCUT2D eigenvalue weighted by molar-refractivity contribution is 0.146. The molecule has 0 heterocycles. The number of aliphatic hydroxyl groups excluding tert-OH is 1. The molecule has 0 amide bonds. The average Bonchev–Trinajstić information content (AvgIpc) is 2.82. The van der Waals surface area contributed by atoms with Crippen molar-refractivity contribution in [1.82, 2.24) is 5.32 Å². The lowest BCUT2D eigenvalue weighted by atomic mass is 9.99. The van der Waals surface area contributed by atoms with Crippen LogP contribution < -0.4 is 10.1 Å². The monoisotopic (exact) mass is 299 g/mol. The molecule has 6 heteroatoms. The van der Waals surface area contributed by atoms with E-state index in [0.29, 0.717) is 12.2 Å². The van der Waals surface area contributed by atoms with Gasteiger partial charge in [-0.3, -0.25) is 0 Å². The fraction of sp³-hybridized carbons (Fsp3) is 0.571. The van der Waals surface area contributed by atoms with Crippen LogP contribution in [0.25, 0.3) is 0 Å². The van der Waals surface area contributed by atoms with Crippen LogP contribution in [0.4, 0.5) is 0 Å². The van der Waals surface area contributed by atoms with Crippen molar-refractivity contribution in [2.45, 2.75) is 35.8 Å². The van der Waals surface area contributed by atoms with Crippen molar-refractivity contribution in [1.29, 1.82) is 0 Å². The van der Waals surface area contributed by atoms with Gasteiger partial charge >= 0.3 is 0 Å². The topological polar surface area (TPSA) is 75.6 Å². The second kappa shape index (κ2) is 5.71. The maximum atomic E-state index is 11.5. The largest absolute Gasteiger partial charge is 0.490 e. The first-order chi connectivity index (χ1) is 9.38. The molecule has 0 aliphatic heterocycles. The van der Waals surface area contributed by atoms with Crippen LogP contribution in [0.15, 0.2) is 29.2 Å². The molecule has 2 N–H and O–H groups in total. The minimum absolute atomic E-state index is 0.00981. The van der Waals surface area contributed by atoms with Gasteiger partial charge in [-0.25, -0.2) is 8.42 Å². The Bertz CT molecular complexity index is 566. The Kier molecular flexibility index (Phi) is 4.36. The van der Waals surface area contributed by atoms with E-state index in [9.17, 15) is 13.5 Å². The van der Waals surface area contributed by atoms with E-state index >= 15 is 0 Å². The molecule has 2 atom stereocenters. The highest BCUT2D eigenvalue weighted by Gasteiger charge is 2.38. The quantitative estimate of drug-likeness (QED) is 0.847. The Labute approximate surface area is 119 Å². The lowest BCUT2D eigenvalue weighted by Crippen LogP contribution is -2.44. The van der Waals surface area contributed by atoms with E-state index in [2.05, 4.69) is 5.32 Å². The number of sulfone groups is 1. The Morgan fingerprint density at radius 1 is 1.50 bits per heavy atom. The second-order valence-electron chi connectivity index (χ2n) is 5.42. The van der Waals surface area contributed by atoms with E-state index in [0.717, 1.165) is 12.8 Å². The highest BCUT2D eigenvalue weighted by atomic mass is 32.2. The van der Waals surface area contributed by atoms with Gasteiger partial charge in [0.25, 0.3) is 0 Å². The molecule has 1 aliphatic rings. The van der Waals surface area contributed by atoms with E-state index in [1.807, 2.05) is 7.05 Å². The summed E-state index contributed by atoms with van der Waals surface area (Å²) in [7, 11) is -1.39. The molecule has 2 rings (SSSR count). The Balaban J connectivity index is 2.09. The van der Waals surface area contributed by atoms with E-state index in [-0.39, 0.29) is 23.1 Å². The predicted octanol–water partition coefficient (Wildman–Crippen LogP) is 0.972. The standard InChI is InChI=1S/C14H21NO4S/c1-15-14(10-16)7-6-12(9-14)19-11-4-3-5-13(8-11)20(2,17)18/h3-5,8,12,15-16H,6-7,9-10H2,1-2H3. The molecule has 1 aromatic carbocycles. The highest BCUT2D eigenvalue weighted by Crippen LogP contribution is 2.32. The number of rotatable bonds is 5. The molecule has 0 aromatic heterocycles. The van der Waals surface area contributed by atoms with Gasteiger partial charge in [-0.15, -0.1) is 0 Å². The van der Waals surface area contributed by atoms with Gasteiger partial charge in [0.2, 0.25) is 0 Å². The first-order valence-corrected chi connectivity index (χ1v) is 8.54. The van der Waals surface area contributed by atoms with Crippen molar-refractivity contribution in [3.05, 3.63) is 24.3 Å². The van der Waals surface area contributed by atoms with Crippen LogP contribution in [-0.2, 0) is 9.84 Å². The molecule has 112 valence electrons. The Morgan fingerprint density at radius 3 is 2.80 bits per heavy atom. The number of likely N-dealkylation sites (N-methyl/N-ethyl adjacent to an activating group) is 1. The van der Waals surface area contributed by atoms with Gasteiger partial charge in [0.05, 0.1) is 11.5 Å². The van der Waals surface area contributed by atoms with Gasteiger partial charge in [-0.2, -0.15) is 0 Å². The van der Waals surface area contributed by atoms with Crippen LogP contribution in [0.3, 0.4) is 0 Å². The lowest BCUT2D eigenvalue weighted by Gasteiger charge is -2.26. The Morgan fingerprint density at radius 2 is 2.25 bits per heavy atom. The van der Waals surface area contributed by atoms with Crippen molar-refractivity contribution < 1.29 is 18.3 Å². The molecule has 2 unspecified atom stereocenters. The second-order valence-corrected chi connectivity index (χ2v) is 7.43. The van der Waals surface area contributed by atoms with Crippen molar-refractivity contribution >= 4 is 9.84 Å². The predicted molar refractivity (Wildman–Crippen MR) is 76.7 cm³/mol. The number of benzene rings is 1. The molecule has 0 saturated heterocycles. The van der Waals surface area contributed by atoms with Gasteiger partial charge in [0.15, 0.2) is 9.84 Å². The molecule has 0 spiro atoms. The van der Waals surface area contributed by atoms with Gasteiger partial charge in [0, 0.05) is 18.2 Å². The molecule has 1 aromatic rings. The zero-order valence-corrected chi connectivity index (χ0v) is 12.6. The zero-order chi connectivity index (χ0) is 14.8. The van der Waals surface area contributed by atoms with Crippen molar-refractivity contribution in [2.75, 3.05) is 19.9 Å². The fourth-order valence-corrected chi connectivity index (χ4v) is 3.25. The number of nitrogens with one attached hydrogen (secondary N) is 1. The summed E-state index contributed by atoms with van der Waals surface area (Å²) in [4.78, 5) is 0.259. The molecule has 0 bridgehead atoms. The van der Waals surface area contributed by atoms with Gasteiger partial charge in [0.1, 0.15) is 11.9 Å². The first kappa shape index (κ1) is 15.3. The maximum Gasteiger partial charge on any atom is 0.175 e. The van der Waals surface area contributed by atoms with E-state index in [1.165, 1.54) is 6.26 Å². The molecular weight excluding hydrogens is 278 g/mol. The van der Waals surface area contributed by atoms with Crippen LogP contribution in [0.2, 0.25) is 0 Å². The van der Waals surface area contributed by atoms with Gasteiger partial charge < -0.3 is 15.2 Å². The average molecular weight is 299 g/mol. The van der Waals surface area contributed by atoms with Crippen molar-refractivity contribution in [3.8, 4) is 5.75 Å². The van der Waals surface area contributed by atoms with Crippen molar-refractivity contribution in [2.24, 2.45) is 0 Å². The summed E-state index contributed by atoms with van der Waals surface area (Å²) >= 11 is 0. The summed E-state index contributed by atoms with van der Waals surface area (Å²) in [5.41, 5.74) is -0.279. The molecule has 1 fully saturated rings. The molecule has 1 aliphatic carbocycles. The molecular formula is C14H21NO4S. The maximum absolute atomic E-state index is 11.5. The van der Waals surface area contributed by atoms with E-state index in [1.54, 1.807) is 24.3 Å². The third kappa shape index (κ3) is 3.31. The van der Waals surface area contributed by atoms with Gasteiger partial charge in [-0.1, -0.05) is 6.07 Å². The minimum Gasteiger partial charge on any atom is -0.490 e. The molecule has 0 radical (unpaired) electrons. The normalized spacial score (nSPS) is 26.6. The van der Waals surface area contributed by atoms with E-state index < -0.39 is 9.84 Å². The number of aliphatic hydroxyl groups is 1. The van der Waals surface area contributed by atoms with Crippen LogP contribution in [0.5, 0.6) is 5.75 Å². The number of hydrogen-bond acceptors (Lipinski definition) is 5. The smallest absolute Gasteiger partial charge is 0.175 e. The summed E-state index contributed by atoms with van der Waals surface area (Å²) in [6, 6.07) is 6.54. The summed E-state index contributed by atoms with van der Waals surface area (Å²) in [5.74, 6) is 0.558. The summed E-state index contributed by atoms with van der Waals surface area (Å²) in [5, 5.41) is 12.6. The van der Waals surface area contributed by atoms with Crippen LogP contribution in [-0.4, -0.2) is 45.1 Å². The van der Waals surface area contributed by atoms with Gasteiger partial charge in [-0.05, 0) is 38.1 Å². The minimum atomic E-state index is -3.22. The fourth-order valence-electron chi connectivity index (χ4n) is 2.60. The zero-order valence-electron chi connectivity index (χ0n) is 11.8. The molecule has 1 saturated carbocycles. The highest BCUT2D eigenvalue weighted by molar-refractivity contribution is 7.90. The number of ether oxygens (including phenoxy) is 1. The first-order valence-electron chi connectivity index (χ1n) is 6.65. The summed E-state index contributed by atoms with van der Waals surface area (Å²) < 4.78 is 28.9. The molecule has 20 heavy (non-hydrogen) atoms. The van der Waals surface area contributed by atoms with Crippen LogP contribution >= 0.6 is 0 Å².